The molecule has 2 unspecified atom stereocenters. The molecule has 2 atom stereocenters. The lowest BCUT2D eigenvalue weighted by Crippen LogP contribution is -2.41. The lowest BCUT2D eigenvalue weighted by Gasteiger charge is -2.17. The van der Waals surface area contributed by atoms with Crippen LogP contribution in [-0.2, 0) is 11.3 Å². The van der Waals surface area contributed by atoms with Crippen molar-refractivity contribution in [3.63, 3.8) is 0 Å². The van der Waals surface area contributed by atoms with E-state index in [1.807, 2.05) is 30.3 Å². The Morgan fingerprint density at radius 3 is 2.89 bits per heavy atom. The zero-order chi connectivity index (χ0) is 12.8. The molecule has 1 heterocycles. The van der Waals surface area contributed by atoms with Crippen molar-refractivity contribution >= 4 is 6.09 Å². The van der Waals surface area contributed by atoms with E-state index in [4.69, 9.17) is 4.74 Å². The molecule has 1 aromatic carbocycles. The Hall–Kier alpha value is -1.62. The number of alkyl halides is 1. The van der Waals surface area contributed by atoms with Gasteiger partial charge in [-0.15, -0.1) is 0 Å². The second kappa shape index (κ2) is 6.35. The van der Waals surface area contributed by atoms with Gasteiger partial charge in [-0.25, -0.2) is 4.79 Å². The number of ether oxygens (including phenoxy) is 1. The predicted molar refractivity (Wildman–Crippen MR) is 65.9 cm³/mol. The van der Waals surface area contributed by atoms with Gasteiger partial charge in [0.1, 0.15) is 6.61 Å². The third kappa shape index (κ3) is 3.43. The molecule has 1 fully saturated rings. The molecule has 1 aromatic rings. The quantitative estimate of drug-likeness (QED) is 0.853. The summed E-state index contributed by atoms with van der Waals surface area (Å²) in [4.78, 5) is 11.6. The Morgan fingerprint density at radius 2 is 2.17 bits per heavy atom. The smallest absolute Gasteiger partial charge is 0.407 e. The molecule has 0 spiro atoms. The molecule has 5 heteroatoms. The molecule has 0 bridgehead atoms. The molecular weight excluding hydrogens is 235 g/mol. The molecule has 0 aromatic heterocycles. The van der Waals surface area contributed by atoms with Crippen LogP contribution in [0.1, 0.15) is 5.56 Å². The first-order valence-corrected chi connectivity index (χ1v) is 6.03. The summed E-state index contributed by atoms with van der Waals surface area (Å²) in [5, 5.41) is 5.73. The molecule has 98 valence electrons. The zero-order valence-corrected chi connectivity index (χ0v) is 10.1. The number of carbonyl (C=O) groups excluding carboxylic acids is 1. The van der Waals surface area contributed by atoms with Crippen LogP contribution >= 0.6 is 0 Å². The molecule has 1 amide bonds. The Morgan fingerprint density at radius 1 is 1.39 bits per heavy atom. The van der Waals surface area contributed by atoms with Gasteiger partial charge in [-0.2, -0.15) is 0 Å². The van der Waals surface area contributed by atoms with Crippen molar-refractivity contribution in [1.82, 2.24) is 10.6 Å². The van der Waals surface area contributed by atoms with E-state index in [-0.39, 0.29) is 18.6 Å². The van der Waals surface area contributed by atoms with Gasteiger partial charge in [0.25, 0.3) is 0 Å². The Kier molecular flexibility index (Phi) is 4.52. The van der Waals surface area contributed by atoms with Gasteiger partial charge in [0.2, 0.25) is 0 Å². The molecule has 0 saturated carbocycles. The van der Waals surface area contributed by atoms with E-state index >= 15 is 0 Å². The molecule has 0 radical (unpaired) electrons. The minimum absolute atomic E-state index is 0.158. The topological polar surface area (TPSA) is 50.4 Å². The highest BCUT2D eigenvalue weighted by Crippen LogP contribution is 2.10. The molecule has 1 aliphatic rings. The summed E-state index contributed by atoms with van der Waals surface area (Å²) in [6.07, 6.45) is -0.494. The van der Waals surface area contributed by atoms with Crippen LogP contribution in [0.15, 0.2) is 30.3 Å². The summed E-state index contributed by atoms with van der Waals surface area (Å²) < 4.78 is 17.7. The van der Waals surface area contributed by atoms with E-state index in [9.17, 15) is 9.18 Å². The van der Waals surface area contributed by atoms with Crippen molar-refractivity contribution in [2.45, 2.75) is 12.6 Å². The largest absolute Gasteiger partial charge is 0.445 e. The fourth-order valence-electron chi connectivity index (χ4n) is 1.98. The average Bonchev–Trinajstić information content (AvgIpc) is 2.85. The second-order valence-electron chi connectivity index (χ2n) is 4.39. The fraction of sp³-hybridized carbons (Fsp3) is 0.462. The Balaban J connectivity index is 1.75. The summed E-state index contributed by atoms with van der Waals surface area (Å²) in [5.41, 5.74) is 0.930. The minimum atomic E-state index is -0.494. The van der Waals surface area contributed by atoms with E-state index in [1.54, 1.807) is 0 Å². The van der Waals surface area contributed by atoms with Crippen LogP contribution in [0.25, 0.3) is 0 Å². The van der Waals surface area contributed by atoms with Crippen LogP contribution in [0, 0.1) is 5.92 Å². The monoisotopic (exact) mass is 252 g/mol. The van der Waals surface area contributed by atoms with E-state index in [1.165, 1.54) is 0 Å². The highest BCUT2D eigenvalue weighted by Gasteiger charge is 2.28. The fourth-order valence-corrected chi connectivity index (χ4v) is 1.98. The van der Waals surface area contributed by atoms with Crippen LogP contribution in [-0.4, -0.2) is 31.9 Å². The van der Waals surface area contributed by atoms with Crippen LogP contribution in [0.4, 0.5) is 9.18 Å². The van der Waals surface area contributed by atoms with E-state index in [2.05, 4.69) is 10.6 Å². The average molecular weight is 252 g/mol. The van der Waals surface area contributed by atoms with Gasteiger partial charge in [-0.05, 0) is 5.56 Å². The number of halogens is 1. The van der Waals surface area contributed by atoms with Crippen LogP contribution < -0.4 is 10.6 Å². The van der Waals surface area contributed by atoms with Crippen molar-refractivity contribution in [3.05, 3.63) is 35.9 Å². The maximum Gasteiger partial charge on any atom is 0.407 e. The third-order valence-corrected chi connectivity index (χ3v) is 3.05. The normalized spacial score (nSPS) is 22.7. The first-order chi connectivity index (χ1) is 8.79. The van der Waals surface area contributed by atoms with Gasteiger partial charge in [0.05, 0.1) is 12.7 Å². The first kappa shape index (κ1) is 12.8. The highest BCUT2D eigenvalue weighted by molar-refractivity contribution is 5.67. The van der Waals surface area contributed by atoms with Gasteiger partial charge < -0.3 is 15.4 Å². The molecular formula is C13H17FN2O2. The van der Waals surface area contributed by atoms with Crippen molar-refractivity contribution in [2.75, 3.05) is 19.8 Å². The second-order valence-corrected chi connectivity index (χ2v) is 4.39. The van der Waals surface area contributed by atoms with Gasteiger partial charge in [-0.1, -0.05) is 30.3 Å². The van der Waals surface area contributed by atoms with E-state index in [0.717, 1.165) is 5.56 Å². The summed E-state index contributed by atoms with van der Waals surface area (Å²) in [5.74, 6) is -0.158. The third-order valence-electron chi connectivity index (χ3n) is 3.05. The molecule has 4 nitrogen and oxygen atoms in total. The zero-order valence-electron chi connectivity index (χ0n) is 10.1. The van der Waals surface area contributed by atoms with E-state index in [0.29, 0.717) is 13.1 Å². The van der Waals surface area contributed by atoms with Gasteiger partial charge in [0, 0.05) is 19.0 Å². The lowest BCUT2D eigenvalue weighted by atomic mass is 10.1. The number of alkyl carbamates (subject to hydrolysis) is 1. The molecule has 2 N–H and O–H groups in total. The summed E-state index contributed by atoms with van der Waals surface area (Å²) in [6, 6.07) is 9.26. The van der Waals surface area contributed by atoms with Crippen LogP contribution in [0.3, 0.4) is 0 Å². The summed E-state index contributed by atoms with van der Waals surface area (Å²) in [7, 11) is 0. The van der Waals surface area contributed by atoms with E-state index < -0.39 is 12.8 Å². The van der Waals surface area contributed by atoms with Crippen LogP contribution in [0.2, 0.25) is 0 Å². The number of hydrogen-bond donors (Lipinski definition) is 2. The molecule has 0 aliphatic carbocycles. The highest BCUT2D eigenvalue weighted by atomic mass is 19.1. The lowest BCUT2D eigenvalue weighted by molar-refractivity contribution is 0.133. The number of nitrogens with one attached hydrogen (secondary N) is 2. The summed E-state index contributed by atoms with van der Waals surface area (Å²) in [6.45, 7) is 0.985. The molecule has 2 rings (SSSR count). The van der Waals surface area contributed by atoms with Crippen molar-refractivity contribution in [3.8, 4) is 0 Å². The number of benzene rings is 1. The number of amides is 1. The van der Waals surface area contributed by atoms with Crippen molar-refractivity contribution in [1.29, 1.82) is 0 Å². The van der Waals surface area contributed by atoms with Crippen LogP contribution in [0.5, 0.6) is 0 Å². The summed E-state index contributed by atoms with van der Waals surface area (Å²) >= 11 is 0. The number of hydrogen-bond acceptors (Lipinski definition) is 3. The molecule has 1 aliphatic heterocycles. The van der Waals surface area contributed by atoms with Gasteiger partial charge in [0.15, 0.2) is 0 Å². The predicted octanol–water partition coefficient (Wildman–Crippen LogP) is 1.47. The van der Waals surface area contributed by atoms with Gasteiger partial charge >= 0.3 is 6.09 Å². The SMILES string of the molecule is O=C(NC1CNCC1CF)OCc1ccccc1. The maximum absolute atomic E-state index is 12.6. The standard InChI is InChI=1S/C13H17FN2O2/c14-6-11-7-15-8-12(11)16-13(17)18-9-10-4-2-1-3-5-10/h1-5,11-12,15H,6-9H2,(H,16,17). The Bertz CT molecular complexity index is 386. The maximum atomic E-state index is 12.6. The Labute approximate surface area is 106 Å². The van der Waals surface area contributed by atoms with Gasteiger partial charge in [-0.3, -0.25) is 4.39 Å². The number of carbonyl (C=O) groups is 1. The molecule has 18 heavy (non-hydrogen) atoms. The van der Waals surface area contributed by atoms with Crippen molar-refractivity contribution < 1.29 is 13.9 Å². The molecule has 1 saturated heterocycles. The first-order valence-electron chi connectivity index (χ1n) is 6.03. The number of rotatable bonds is 4. The van der Waals surface area contributed by atoms with Crippen molar-refractivity contribution in [2.24, 2.45) is 5.92 Å². The minimum Gasteiger partial charge on any atom is -0.445 e.